The summed E-state index contributed by atoms with van der Waals surface area (Å²) in [5, 5.41) is 12.0. The SMILES string of the molecule is COc1cc(OCc2ccc(C)nc2C)cc2scc(C(C)C(=O)O)c12. The largest absolute Gasteiger partial charge is 0.496 e. The lowest BCUT2D eigenvalue weighted by Gasteiger charge is -2.12. The predicted molar refractivity (Wildman–Crippen MR) is 102 cm³/mol. The number of ether oxygens (including phenoxy) is 2. The highest BCUT2D eigenvalue weighted by Crippen LogP contribution is 2.40. The fourth-order valence-corrected chi connectivity index (χ4v) is 3.95. The van der Waals surface area contributed by atoms with E-state index < -0.39 is 11.9 Å². The molecule has 0 saturated heterocycles. The highest BCUT2D eigenvalue weighted by molar-refractivity contribution is 7.17. The van der Waals surface area contributed by atoms with Gasteiger partial charge in [0.25, 0.3) is 0 Å². The number of hydrogen-bond donors (Lipinski definition) is 1. The maximum Gasteiger partial charge on any atom is 0.310 e. The molecule has 5 nitrogen and oxygen atoms in total. The van der Waals surface area contributed by atoms with Crippen LogP contribution >= 0.6 is 11.3 Å². The molecule has 0 amide bonds. The van der Waals surface area contributed by atoms with Gasteiger partial charge in [0.15, 0.2) is 0 Å². The van der Waals surface area contributed by atoms with Crippen LogP contribution in [-0.2, 0) is 11.4 Å². The van der Waals surface area contributed by atoms with Crippen LogP contribution in [0.2, 0.25) is 0 Å². The Bertz CT molecular complexity index is 964. The lowest BCUT2D eigenvalue weighted by molar-refractivity contribution is -0.138. The number of aromatic nitrogens is 1. The first kappa shape index (κ1) is 18.2. The summed E-state index contributed by atoms with van der Waals surface area (Å²) in [6, 6.07) is 7.72. The van der Waals surface area contributed by atoms with Gasteiger partial charge in [0, 0.05) is 33.1 Å². The van der Waals surface area contributed by atoms with Gasteiger partial charge in [0.2, 0.25) is 0 Å². The number of nitrogens with zero attached hydrogens (tertiary/aromatic N) is 1. The second-order valence-corrected chi connectivity index (χ2v) is 7.15. The number of carbonyl (C=O) groups is 1. The van der Waals surface area contributed by atoms with Crippen molar-refractivity contribution < 1.29 is 19.4 Å². The summed E-state index contributed by atoms with van der Waals surface area (Å²) in [6.45, 7) is 6.02. The molecule has 0 bridgehead atoms. The number of pyridine rings is 1. The number of thiophene rings is 1. The minimum Gasteiger partial charge on any atom is -0.496 e. The van der Waals surface area contributed by atoms with Gasteiger partial charge in [0.05, 0.1) is 13.0 Å². The molecule has 0 fully saturated rings. The summed E-state index contributed by atoms with van der Waals surface area (Å²) < 4.78 is 12.4. The van der Waals surface area contributed by atoms with Crippen LogP contribution in [0.15, 0.2) is 29.6 Å². The zero-order valence-corrected chi connectivity index (χ0v) is 16.0. The molecule has 0 saturated carbocycles. The number of carboxylic acids is 1. The summed E-state index contributed by atoms with van der Waals surface area (Å²) in [5.41, 5.74) is 3.72. The average Bonchev–Trinajstić information content (AvgIpc) is 3.03. The lowest BCUT2D eigenvalue weighted by Crippen LogP contribution is -2.07. The lowest BCUT2D eigenvalue weighted by atomic mass is 10.00. The van der Waals surface area contributed by atoms with E-state index in [-0.39, 0.29) is 0 Å². The fourth-order valence-electron chi connectivity index (χ4n) is 2.85. The first-order valence-electron chi connectivity index (χ1n) is 8.28. The zero-order chi connectivity index (χ0) is 18.8. The Morgan fingerprint density at radius 1 is 1.31 bits per heavy atom. The van der Waals surface area contributed by atoms with E-state index >= 15 is 0 Å². The van der Waals surface area contributed by atoms with E-state index in [1.165, 1.54) is 11.3 Å². The molecule has 0 aliphatic rings. The quantitative estimate of drug-likeness (QED) is 0.681. The molecule has 1 N–H and O–H groups in total. The Morgan fingerprint density at radius 2 is 2.08 bits per heavy atom. The van der Waals surface area contributed by atoms with Gasteiger partial charge in [-0.1, -0.05) is 6.07 Å². The zero-order valence-electron chi connectivity index (χ0n) is 15.2. The van der Waals surface area contributed by atoms with Gasteiger partial charge in [-0.25, -0.2) is 0 Å². The normalized spacial score (nSPS) is 12.2. The van der Waals surface area contributed by atoms with Crippen molar-refractivity contribution in [2.75, 3.05) is 7.11 Å². The monoisotopic (exact) mass is 371 g/mol. The summed E-state index contributed by atoms with van der Waals surface area (Å²) >= 11 is 1.49. The van der Waals surface area contributed by atoms with E-state index in [1.807, 2.05) is 43.5 Å². The van der Waals surface area contributed by atoms with Crippen LogP contribution in [0.1, 0.15) is 35.4 Å². The number of fused-ring (bicyclic) bond motifs is 1. The van der Waals surface area contributed by atoms with Crippen molar-refractivity contribution in [3.05, 3.63) is 52.2 Å². The van der Waals surface area contributed by atoms with E-state index in [2.05, 4.69) is 4.98 Å². The average molecular weight is 371 g/mol. The van der Waals surface area contributed by atoms with E-state index in [9.17, 15) is 9.90 Å². The highest BCUT2D eigenvalue weighted by atomic mass is 32.1. The van der Waals surface area contributed by atoms with Gasteiger partial charge in [-0.3, -0.25) is 9.78 Å². The molecule has 0 spiro atoms. The van der Waals surface area contributed by atoms with E-state index in [1.54, 1.807) is 14.0 Å². The molecular formula is C20H21NO4S. The van der Waals surface area contributed by atoms with Crippen molar-refractivity contribution in [2.45, 2.75) is 33.3 Å². The molecule has 3 aromatic rings. The molecule has 136 valence electrons. The second-order valence-electron chi connectivity index (χ2n) is 6.24. The van der Waals surface area contributed by atoms with Gasteiger partial charge in [-0.05, 0) is 43.8 Å². The number of hydrogen-bond acceptors (Lipinski definition) is 5. The Hall–Kier alpha value is -2.60. The topological polar surface area (TPSA) is 68.7 Å². The van der Waals surface area contributed by atoms with Crippen molar-refractivity contribution in [1.29, 1.82) is 0 Å². The molecule has 3 rings (SSSR count). The molecule has 2 aromatic heterocycles. The Morgan fingerprint density at radius 3 is 2.73 bits per heavy atom. The number of carboxylic acid groups (broad SMARTS) is 1. The van der Waals surface area contributed by atoms with Gasteiger partial charge in [-0.15, -0.1) is 11.3 Å². The molecule has 1 atom stereocenters. The van der Waals surface area contributed by atoms with Crippen molar-refractivity contribution >= 4 is 27.4 Å². The molecule has 0 aliphatic heterocycles. The number of rotatable bonds is 6. The van der Waals surface area contributed by atoms with E-state index in [4.69, 9.17) is 9.47 Å². The maximum absolute atomic E-state index is 11.4. The standard InChI is InChI=1S/C20H21NO4S/c1-11-5-6-14(13(3)21-11)9-25-15-7-17(24-4)19-16(12(2)20(22)23)10-26-18(19)8-15/h5-8,10,12H,9H2,1-4H3,(H,22,23). The van der Waals surface area contributed by atoms with Crippen LogP contribution in [0.25, 0.3) is 10.1 Å². The summed E-state index contributed by atoms with van der Waals surface area (Å²) in [6.07, 6.45) is 0. The first-order chi connectivity index (χ1) is 12.4. The highest BCUT2D eigenvalue weighted by Gasteiger charge is 2.21. The minimum atomic E-state index is -0.852. The first-order valence-corrected chi connectivity index (χ1v) is 9.16. The molecule has 0 radical (unpaired) electrons. The molecule has 1 unspecified atom stereocenters. The molecule has 0 aliphatic carbocycles. The van der Waals surface area contributed by atoms with Crippen molar-refractivity contribution in [1.82, 2.24) is 4.98 Å². The Kier molecular flexibility index (Phi) is 5.13. The van der Waals surface area contributed by atoms with Gasteiger partial charge < -0.3 is 14.6 Å². The third kappa shape index (κ3) is 3.51. The third-order valence-electron chi connectivity index (χ3n) is 4.43. The van der Waals surface area contributed by atoms with Gasteiger partial charge >= 0.3 is 5.97 Å². The van der Waals surface area contributed by atoms with Crippen LogP contribution in [0.3, 0.4) is 0 Å². The van der Waals surface area contributed by atoms with Crippen molar-refractivity contribution in [3.8, 4) is 11.5 Å². The number of aliphatic carboxylic acids is 1. The maximum atomic E-state index is 11.4. The van der Waals surface area contributed by atoms with Crippen LogP contribution in [0, 0.1) is 13.8 Å². The number of methoxy groups -OCH3 is 1. The Balaban J connectivity index is 1.92. The second kappa shape index (κ2) is 7.33. The van der Waals surface area contributed by atoms with Crippen LogP contribution in [-0.4, -0.2) is 23.2 Å². The molecule has 2 heterocycles. The smallest absolute Gasteiger partial charge is 0.310 e. The Labute approximate surface area is 156 Å². The minimum absolute atomic E-state index is 0.414. The van der Waals surface area contributed by atoms with Crippen molar-refractivity contribution in [3.63, 3.8) is 0 Å². The summed E-state index contributed by atoms with van der Waals surface area (Å²) in [5.74, 6) is -0.133. The summed E-state index contributed by atoms with van der Waals surface area (Å²) in [4.78, 5) is 15.8. The predicted octanol–water partition coefficient (Wildman–Crippen LogP) is 4.69. The van der Waals surface area contributed by atoms with E-state index in [0.717, 1.165) is 32.6 Å². The summed E-state index contributed by atoms with van der Waals surface area (Å²) in [7, 11) is 1.58. The number of aryl methyl sites for hydroxylation is 2. The molecule has 26 heavy (non-hydrogen) atoms. The van der Waals surface area contributed by atoms with Crippen LogP contribution < -0.4 is 9.47 Å². The molecular weight excluding hydrogens is 350 g/mol. The van der Waals surface area contributed by atoms with Crippen LogP contribution in [0.4, 0.5) is 0 Å². The van der Waals surface area contributed by atoms with Gasteiger partial charge in [-0.2, -0.15) is 0 Å². The fraction of sp³-hybridized carbons (Fsp3) is 0.300. The van der Waals surface area contributed by atoms with E-state index in [0.29, 0.717) is 18.1 Å². The molecule has 1 aromatic carbocycles. The van der Waals surface area contributed by atoms with Crippen molar-refractivity contribution in [2.24, 2.45) is 0 Å². The third-order valence-corrected chi connectivity index (χ3v) is 5.37. The molecule has 6 heteroatoms. The number of benzene rings is 1. The van der Waals surface area contributed by atoms with Gasteiger partial charge in [0.1, 0.15) is 18.1 Å². The van der Waals surface area contributed by atoms with Crippen LogP contribution in [0.5, 0.6) is 11.5 Å².